The molecule has 0 bridgehead atoms. The number of aromatic nitrogens is 1. The number of para-hydroxylation sites is 1. The second-order valence-electron chi connectivity index (χ2n) is 4.09. The quantitative estimate of drug-likeness (QED) is 0.720. The maximum absolute atomic E-state index is 4.62. The van der Waals surface area contributed by atoms with Gasteiger partial charge in [-0.15, -0.1) is 0 Å². The van der Waals surface area contributed by atoms with Gasteiger partial charge in [-0.05, 0) is 24.5 Å². The molecule has 0 saturated carbocycles. The molecule has 1 heterocycles. The summed E-state index contributed by atoms with van der Waals surface area (Å²) >= 11 is 0. The molecule has 0 N–H and O–H groups in total. The van der Waals surface area contributed by atoms with Gasteiger partial charge in [0.25, 0.3) is 0 Å². The molecule has 0 aliphatic heterocycles. The maximum Gasteiger partial charge on any atom is 0.0705 e. The van der Waals surface area contributed by atoms with Crippen LogP contribution in [0.4, 0.5) is 0 Å². The van der Waals surface area contributed by atoms with Crippen LogP contribution in [-0.2, 0) is 6.42 Å². The third-order valence-electron chi connectivity index (χ3n) is 2.27. The van der Waals surface area contributed by atoms with Gasteiger partial charge in [-0.25, -0.2) is 0 Å². The molecule has 2 rings (SSSR count). The minimum atomic E-state index is 0.670. The van der Waals surface area contributed by atoms with Crippen molar-refractivity contribution in [3.05, 3.63) is 42.1 Å². The Morgan fingerprint density at radius 1 is 1.00 bits per heavy atom. The van der Waals surface area contributed by atoms with Crippen LogP contribution in [0.5, 0.6) is 0 Å². The molecule has 0 fully saturated rings. The number of benzene rings is 1. The van der Waals surface area contributed by atoms with Crippen LogP contribution in [0, 0.1) is 5.92 Å². The molecule has 1 aromatic heterocycles. The lowest BCUT2D eigenvalue weighted by molar-refractivity contribution is 0.637. The van der Waals surface area contributed by atoms with Crippen molar-refractivity contribution in [2.45, 2.75) is 34.1 Å². The van der Waals surface area contributed by atoms with Crippen molar-refractivity contribution in [3.8, 4) is 0 Å². The Labute approximate surface area is 98.5 Å². The summed E-state index contributed by atoms with van der Waals surface area (Å²) in [6.45, 7) is 8.44. The number of fused-ring (bicyclic) bond motifs is 1. The first-order valence-electron chi connectivity index (χ1n) is 6.10. The lowest BCUT2D eigenvalue weighted by atomic mass is 10.1. The van der Waals surface area contributed by atoms with Gasteiger partial charge in [0.05, 0.1) is 5.52 Å². The molecule has 0 atom stereocenters. The normalized spacial score (nSPS) is 10.1. The molecule has 0 amide bonds. The van der Waals surface area contributed by atoms with Crippen LogP contribution < -0.4 is 0 Å². The lowest BCUT2D eigenvalue weighted by Crippen LogP contribution is -1.96. The highest BCUT2D eigenvalue weighted by atomic mass is 14.7. The predicted molar refractivity (Wildman–Crippen MR) is 71.6 cm³/mol. The van der Waals surface area contributed by atoms with Gasteiger partial charge < -0.3 is 0 Å². The van der Waals surface area contributed by atoms with Gasteiger partial charge in [-0.1, -0.05) is 52.0 Å². The third-order valence-corrected chi connectivity index (χ3v) is 2.27. The van der Waals surface area contributed by atoms with E-state index >= 15 is 0 Å². The molecule has 0 unspecified atom stereocenters. The number of hydrogen-bond acceptors (Lipinski definition) is 1. The lowest BCUT2D eigenvalue weighted by Gasteiger charge is -2.04. The Kier molecular flexibility index (Phi) is 4.97. The van der Waals surface area contributed by atoms with E-state index in [4.69, 9.17) is 0 Å². The van der Waals surface area contributed by atoms with Crippen molar-refractivity contribution in [2.24, 2.45) is 5.92 Å². The molecule has 2 aromatic rings. The van der Waals surface area contributed by atoms with Crippen LogP contribution >= 0.6 is 0 Å². The van der Waals surface area contributed by atoms with Crippen molar-refractivity contribution in [1.29, 1.82) is 0 Å². The van der Waals surface area contributed by atoms with Crippen molar-refractivity contribution < 1.29 is 0 Å². The van der Waals surface area contributed by atoms with E-state index in [0.717, 1.165) is 11.9 Å². The number of rotatable bonds is 2. The summed E-state index contributed by atoms with van der Waals surface area (Å²) < 4.78 is 0. The summed E-state index contributed by atoms with van der Waals surface area (Å²) in [5, 5.41) is 1.22. The van der Waals surface area contributed by atoms with Crippen molar-refractivity contribution >= 4 is 10.9 Å². The number of pyridine rings is 1. The molecule has 0 aliphatic carbocycles. The molecule has 0 aliphatic rings. The molecule has 0 saturated heterocycles. The van der Waals surface area contributed by atoms with E-state index in [2.05, 4.69) is 43.1 Å². The second kappa shape index (κ2) is 6.26. The van der Waals surface area contributed by atoms with E-state index in [0.29, 0.717) is 5.92 Å². The van der Waals surface area contributed by atoms with Crippen LogP contribution in [0.25, 0.3) is 10.9 Å². The van der Waals surface area contributed by atoms with Crippen molar-refractivity contribution in [3.63, 3.8) is 0 Å². The Bertz CT molecular complexity index is 432. The zero-order valence-corrected chi connectivity index (χ0v) is 10.7. The zero-order valence-electron chi connectivity index (χ0n) is 10.7. The van der Waals surface area contributed by atoms with Gasteiger partial charge in [0, 0.05) is 11.1 Å². The Hall–Kier alpha value is -1.37. The summed E-state index contributed by atoms with van der Waals surface area (Å²) in [6.07, 6.45) is 1.06. The molecule has 86 valence electrons. The molecular weight excluding hydrogens is 194 g/mol. The summed E-state index contributed by atoms with van der Waals surface area (Å²) in [5.74, 6) is 0.670. The minimum absolute atomic E-state index is 0.670. The summed E-state index contributed by atoms with van der Waals surface area (Å²) in [4.78, 5) is 4.62. The molecule has 0 radical (unpaired) electrons. The fraction of sp³-hybridized carbons (Fsp3) is 0.400. The maximum atomic E-state index is 4.62. The van der Waals surface area contributed by atoms with Crippen molar-refractivity contribution in [2.75, 3.05) is 0 Å². The fourth-order valence-corrected chi connectivity index (χ4v) is 1.64. The SMILES string of the molecule is CC.CC(C)Cc1ccc2ccccc2n1. The fourth-order valence-electron chi connectivity index (χ4n) is 1.64. The first-order valence-corrected chi connectivity index (χ1v) is 6.10. The topological polar surface area (TPSA) is 12.9 Å². The van der Waals surface area contributed by atoms with E-state index in [1.54, 1.807) is 0 Å². The predicted octanol–water partition coefficient (Wildman–Crippen LogP) is 4.46. The summed E-state index contributed by atoms with van der Waals surface area (Å²) in [5.41, 5.74) is 2.30. The first-order chi connectivity index (χ1) is 7.75. The van der Waals surface area contributed by atoms with E-state index in [1.807, 2.05) is 26.0 Å². The van der Waals surface area contributed by atoms with Gasteiger partial charge >= 0.3 is 0 Å². The highest BCUT2D eigenvalue weighted by molar-refractivity contribution is 5.78. The average molecular weight is 215 g/mol. The van der Waals surface area contributed by atoms with Gasteiger partial charge in [-0.3, -0.25) is 4.98 Å². The van der Waals surface area contributed by atoms with Crippen LogP contribution in [0.3, 0.4) is 0 Å². The molecule has 0 spiro atoms. The Morgan fingerprint density at radius 2 is 1.69 bits per heavy atom. The van der Waals surface area contributed by atoms with E-state index in [-0.39, 0.29) is 0 Å². The molecule has 1 aromatic carbocycles. The van der Waals surface area contributed by atoms with Crippen LogP contribution in [-0.4, -0.2) is 4.98 Å². The third kappa shape index (κ3) is 3.34. The van der Waals surface area contributed by atoms with Crippen LogP contribution in [0.15, 0.2) is 36.4 Å². The van der Waals surface area contributed by atoms with Crippen LogP contribution in [0.1, 0.15) is 33.4 Å². The van der Waals surface area contributed by atoms with Gasteiger partial charge in [0.2, 0.25) is 0 Å². The van der Waals surface area contributed by atoms with Gasteiger partial charge in [-0.2, -0.15) is 0 Å². The number of hydrogen-bond donors (Lipinski definition) is 0. The van der Waals surface area contributed by atoms with Crippen LogP contribution in [0.2, 0.25) is 0 Å². The standard InChI is InChI=1S/C13H15N.C2H6/c1-10(2)9-12-8-7-11-5-3-4-6-13(11)14-12;1-2/h3-8,10H,9H2,1-2H3;1-2H3. The molecular formula is C15H21N. The first kappa shape index (κ1) is 12.7. The average Bonchev–Trinajstić information content (AvgIpc) is 2.31. The number of nitrogens with zero attached hydrogens (tertiary/aromatic N) is 1. The van der Waals surface area contributed by atoms with E-state index in [1.165, 1.54) is 11.1 Å². The summed E-state index contributed by atoms with van der Waals surface area (Å²) in [7, 11) is 0. The molecule has 1 nitrogen and oxygen atoms in total. The highest BCUT2D eigenvalue weighted by Gasteiger charge is 2.00. The Balaban J connectivity index is 0.000000606. The zero-order chi connectivity index (χ0) is 12.0. The minimum Gasteiger partial charge on any atom is -0.253 e. The molecule has 1 heteroatoms. The van der Waals surface area contributed by atoms with Gasteiger partial charge in [0.15, 0.2) is 0 Å². The monoisotopic (exact) mass is 215 g/mol. The smallest absolute Gasteiger partial charge is 0.0705 e. The Morgan fingerprint density at radius 3 is 2.38 bits per heavy atom. The molecule has 16 heavy (non-hydrogen) atoms. The second-order valence-corrected chi connectivity index (χ2v) is 4.09. The van der Waals surface area contributed by atoms with E-state index < -0.39 is 0 Å². The van der Waals surface area contributed by atoms with E-state index in [9.17, 15) is 0 Å². The van der Waals surface area contributed by atoms with Crippen molar-refractivity contribution in [1.82, 2.24) is 4.98 Å². The summed E-state index contributed by atoms with van der Waals surface area (Å²) in [6, 6.07) is 12.5. The van der Waals surface area contributed by atoms with Gasteiger partial charge in [0.1, 0.15) is 0 Å². The highest BCUT2D eigenvalue weighted by Crippen LogP contribution is 2.13. The largest absolute Gasteiger partial charge is 0.253 e.